The van der Waals surface area contributed by atoms with Crippen LogP contribution in [-0.4, -0.2) is 96.7 Å². The minimum atomic E-state index is -4.96. The molecule has 3 N–H and O–H groups in total. The first-order valence-corrected chi connectivity index (χ1v) is 47.1. The van der Waals surface area contributed by atoms with Crippen molar-refractivity contribution in [2.24, 2.45) is 5.92 Å². The third-order valence-electron chi connectivity index (χ3n) is 20.0. The Hall–Kier alpha value is -1.94. The minimum absolute atomic E-state index is 0.108. The first kappa shape index (κ1) is 102. The Morgan fingerprint density at radius 1 is 0.260 bits per heavy atom. The molecule has 104 heavy (non-hydrogen) atoms. The highest BCUT2D eigenvalue weighted by Crippen LogP contribution is 2.45. The molecule has 0 spiro atoms. The third kappa shape index (κ3) is 78.2. The predicted octanol–water partition coefficient (Wildman–Crippen LogP) is 26.0. The van der Waals surface area contributed by atoms with Crippen LogP contribution in [-0.2, 0) is 65.4 Å². The molecule has 2 unspecified atom stereocenters. The van der Waals surface area contributed by atoms with Crippen LogP contribution >= 0.6 is 15.6 Å². The summed E-state index contributed by atoms with van der Waals surface area (Å²) in [6.45, 7) is 7.38. The Bertz CT molecular complexity index is 1980. The van der Waals surface area contributed by atoms with E-state index in [0.29, 0.717) is 25.7 Å². The lowest BCUT2D eigenvalue weighted by atomic mass is 10.0. The van der Waals surface area contributed by atoms with E-state index in [0.717, 1.165) is 95.8 Å². The van der Waals surface area contributed by atoms with Crippen molar-refractivity contribution in [2.45, 2.75) is 477 Å². The summed E-state index contributed by atoms with van der Waals surface area (Å²) in [5.41, 5.74) is 0. The van der Waals surface area contributed by atoms with Gasteiger partial charge in [-0.2, -0.15) is 0 Å². The molecule has 0 aliphatic carbocycles. The number of esters is 4. The lowest BCUT2D eigenvalue weighted by Crippen LogP contribution is -2.30. The molecule has 0 aromatic carbocycles. The van der Waals surface area contributed by atoms with Gasteiger partial charge in [-0.3, -0.25) is 37.3 Å². The first-order chi connectivity index (χ1) is 50.5. The molecule has 17 nitrogen and oxygen atoms in total. The molecule has 0 heterocycles. The van der Waals surface area contributed by atoms with Gasteiger partial charge in [-0.05, 0) is 31.6 Å². The van der Waals surface area contributed by atoms with Gasteiger partial charge in [0.15, 0.2) is 12.2 Å². The van der Waals surface area contributed by atoms with Gasteiger partial charge in [0, 0.05) is 25.7 Å². The van der Waals surface area contributed by atoms with E-state index in [1.165, 1.54) is 283 Å². The van der Waals surface area contributed by atoms with Crippen molar-refractivity contribution in [3.63, 3.8) is 0 Å². The zero-order valence-corrected chi connectivity index (χ0v) is 70.0. The molecule has 19 heteroatoms. The van der Waals surface area contributed by atoms with E-state index in [9.17, 15) is 43.2 Å². The fourth-order valence-corrected chi connectivity index (χ4v) is 14.9. The van der Waals surface area contributed by atoms with Crippen molar-refractivity contribution in [1.82, 2.24) is 0 Å². The molecule has 0 fully saturated rings. The summed E-state index contributed by atoms with van der Waals surface area (Å²) < 4.78 is 68.9. The number of unbranched alkanes of at least 4 members (excludes halogenated alkanes) is 57. The summed E-state index contributed by atoms with van der Waals surface area (Å²) in [6.07, 6.45) is 70.7. The summed E-state index contributed by atoms with van der Waals surface area (Å²) >= 11 is 0. The Kier molecular flexibility index (Phi) is 76.3. The molecule has 618 valence electrons. The van der Waals surface area contributed by atoms with E-state index in [2.05, 4.69) is 34.6 Å². The number of ether oxygens (including phenoxy) is 4. The second-order valence-electron chi connectivity index (χ2n) is 31.1. The average Bonchev–Trinajstić information content (AvgIpc) is 0.903. The summed E-state index contributed by atoms with van der Waals surface area (Å²) in [7, 11) is -9.93. The van der Waals surface area contributed by atoms with Crippen LogP contribution in [0.1, 0.15) is 458 Å². The van der Waals surface area contributed by atoms with Gasteiger partial charge in [-0.25, -0.2) is 9.13 Å². The largest absolute Gasteiger partial charge is 0.472 e. The van der Waals surface area contributed by atoms with E-state index < -0.39 is 97.5 Å². The molecule has 0 amide bonds. The van der Waals surface area contributed by atoms with Gasteiger partial charge in [0.2, 0.25) is 0 Å². The highest BCUT2D eigenvalue weighted by molar-refractivity contribution is 7.47. The lowest BCUT2D eigenvalue weighted by Gasteiger charge is -2.21. The van der Waals surface area contributed by atoms with Crippen LogP contribution in [0.3, 0.4) is 0 Å². The smallest absolute Gasteiger partial charge is 0.462 e. The van der Waals surface area contributed by atoms with Gasteiger partial charge in [0.25, 0.3) is 0 Å². The van der Waals surface area contributed by atoms with Crippen LogP contribution in [0.5, 0.6) is 0 Å². The standard InChI is InChI=1S/C85H166O17P2/c1-6-9-12-15-18-21-24-27-29-31-32-34-36-39-45-50-55-60-65-70-84(89)101-80(75-96-83(88)69-64-59-54-49-44-38-35-33-30-28-25-22-19-16-13-10-7-2)76-99-103(91,92)97-72-79(86)73-98-104(93,94)100-77-81(74-95-82(87)68-63-58-53-48-43-37-26-23-20-17-14-11-8-3)102-85(90)71-66-61-56-51-46-41-40-42-47-52-57-62-67-78(4)5/h78-81,86H,6-77H2,1-5H3,(H,91,92)(H,93,94)/t79-,80-,81-/m1/s1. The van der Waals surface area contributed by atoms with E-state index in [-0.39, 0.29) is 25.7 Å². The van der Waals surface area contributed by atoms with Crippen molar-refractivity contribution in [3.05, 3.63) is 0 Å². The molecule has 0 saturated carbocycles. The van der Waals surface area contributed by atoms with Gasteiger partial charge in [-0.15, -0.1) is 0 Å². The molecule has 0 saturated heterocycles. The second-order valence-corrected chi connectivity index (χ2v) is 34.0. The number of aliphatic hydroxyl groups excluding tert-OH is 1. The van der Waals surface area contributed by atoms with Gasteiger partial charge in [0.1, 0.15) is 19.3 Å². The van der Waals surface area contributed by atoms with Crippen molar-refractivity contribution in [3.8, 4) is 0 Å². The summed E-state index contributed by atoms with van der Waals surface area (Å²) in [6, 6.07) is 0. The van der Waals surface area contributed by atoms with E-state index in [1.807, 2.05) is 0 Å². The van der Waals surface area contributed by atoms with Crippen LogP contribution in [0, 0.1) is 5.92 Å². The van der Waals surface area contributed by atoms with Crippen molar-refractivity contribution >= 4 is 39.5 Å². The number of rotatable bonds is 85. The Morgan fingerprint density at radius 3 is 0.654 bits per heavy atom. The predicted molar refractivity (Wildman–Crippen MR) is 428 cm³/mol. The average molecular weight is 1520 g/mol. The molecule has 0 aliphatic heterocycles. The highest BCUT2D eigenvalue weighted by Gasteiger charge is 2.30. The second kappa shape index (κ2) is 77.8. The van der Waals surface area contributed by atoms with Crippen LogP contribution in [0.25, 0.3) is 0 Å². The van der Waals surface area contributed by atoms with E-state index >= 15 is 0 Å². The Balaban J connectivity index is 5.26. The Morgan fingerprint density at radius 2 is 0.442 bits per heavy atom. The molecule has 0 rings (SSSR count). The van der Waals surface area contributed by atoms with E-state index in [1.54, 1.807) is 0 Å². The van der Waals surface area contributed by atoms with Crippen molar-refractivity contribution in [1.29, 1.82) is 0 Å². The zero-order chi connectivity index (χ0) is 76.2. The van der Waals surface area contributed by atoms with Crippen molar-refractivity contribution < 1.29 is 80.2 Å². The highest BCUT2D eigenvalue weighted by atomic mass is 31.2. The first-order valence-electron chi connectivity index (χ1n) is 44.1. The quantitative estimate of drug-likeness (QED) is 0.0222. The van der Waals surface area contributed by atoms with Crippen LogP contribution in [0.2, 0.25) is 0 Å². The van der Waals surface area contributed by atoms with Crippen LogP contribution in [0.15, 0.2) is 0 Å². The number of phosphoric ester groups is 2. The Labute approximate surface area is 638 Å². The lowest BCUT2D eigenvalue weighted by molar-refractivity contribution is -0.161. The maximum Gasteiger partial charge on any atom is 0.472 e. The van der Waals surface area contributed by atoms with Gasteiger partial charge in [0.05, 0.1) is 26.4 Å². The molecule has 0 aromatic rings. The van der Waals surface area contributed by atoms with Crippen LogP contribution in [0.4, 0.5) is 0 Å². The fraction of sp³-hybridized carbons (Fsp3) is 0.953. The number of carbonyl (C=O) groups excluding carboxylic acids is 4. The van der Waals surface area contributed by atoms with Gasteiger partial charge < -0.3 is 33.8 Å². The van der Waals surface area contributed by atoms with E-state index in [4.69, 9.17) is 37.0 Å². The summed E-state index contributed by atoms with van der Waals surface area (Å²) in [4.78, 5) is 73.2. The molecule has 5 atom stereocenters. The molecular formula is C85H166O17P2. The maximum atomic E-state index is 13.1. The molecule has 0 aliphatic rings. The normalized spacial score (nSPS) is 13.8. The minimum Gasteiger partial charge on any atom is -0.462 e. The zero-order valence-electron chi connectivity index (χ0n) is 68.2. The van der Waals surface area contributed by atoms with Crippen molar-refractivity contribution in [2.75, 3.05) is 39.6 Å². The number of hydrogen-bond acceptors (Lipinski definition) is 15. The third-order valence-corrected chi connectivity index (χ3v) is 21.9. The number of hydrogen-bond donors (Lipinski definition) is 3. The summed E-state index contributed by atoms with van der Waals surface area (Å²) in [5.74, 6) is -1.32. The molecule has 0 aromatic heterocycles. The van der Waals surface area contributed by atoms with Gasteiger partial charge in [-0.1, -0.05) is 407 Å². The number of aliphatic hydroxyl groups is 1. The van der Waals surface area contributed by atoms with Crippen LogP contribution < -0.4 is 0 Å². The maximum absolute atomic E-state index is 13.1. The number of phosphoric acid groups is 2. The monoisotopic (exact) mass is 1520 g/mol. The molecular weight excluding hydrogens is 1350 g/mol. The fourth-order valence-electron chi connectivity index (χ4n) is 13.3. The SMILES string of the molecule is CCCCCCCCCCCCCCCCCCCCCC(=O)O[C@H](COC(=O)CCCCCCCCCCCCCCCCCCC)COP(=O)(O)OC[C@@H](O)COP(=O)(O)OC[C@@H](COC(=O)CCCCCCCCCCCCCCC)OC(=O)CCCCCCCCCCCCCCC(C)C. The van der Waals surface area contributed by atoms with Gasteiger partial charge >= 0.3 is 39.5 Å². The molecule has 0 bridgehead atoms. The number of carbonyl (C=O) groups is 4. The summed E-state index contributed by atoms with van der Waals surface area (Å²) in [5, 5.41) is 10.7. The molecule has 0 radical (unpaired) electrons. The topological polar surface area (TPSA) is 237 Å².